The number of aromatic nitrogens is 5. The summed E-state index contributed by atoms with van der Waals surface area (Å²) in [6.45, 7) is 4.08. The second kappa shape index (κ2) is 8.77. The second-order valence-electron chi connectivity index (χ2n) is 7.27. The molecule has 3 aromatic heterocycles. The van der Waals surface area contributed by atoms with Crippen LogP contribution in [0.4, 0.5) is 11.8 Å². The van der Waals surface area contributed by atoms with E-state index in [1.54, 1.807) is 23.3 Å². The van der Waals surface area contributed by atoms with Crippen LogP contribution in [-0.4, -0.2) is 30.6 Å². The molecular weight excluding hydrogens is 378 g/mol. The van der Waals surface area contributed by atoms with Crippen molar-refractivity contribution in [1.82, 2.24) is 24.1 Å². The molecule has 8 nitrogen and oxygen atoms in total. The molecule has 0 saturated heterocycles. The van der Waals surface area contributed by atoms with Gasteiger partial charge in [0, 0.05) is 31.7 Å². The van der Waals surface area contributed by atoms with Crippen molar-refractivity contribution >= 4 is 22.7 Å². The predicted octanol–water partition coefficient (Wildman–Crippen LogP) is 2.88. The Balaban J connectivity index is 1.59. The van der Waals surface area contributed by atoms with Crippen molar-refractivity contribution in [2.24, 2.45) is 0 Å². The quantitative estimate of drug-likeness (QED) is 0.439. The van der Waals surface area contributed by atoms with E-state index in [-0.39, 0.29) is 11.5 Å². The molecule has 3 heterocycles. The third-order valence-corrected chi connectivity index (χ3v) is 4.96. The van der Waals surface area contributed by atoms with Crippen molar-refractivity contribution in [3.05, 3.63) is 76.7 Å². The van der Waals surface area contributed by atoms with Crippen LogP contribution in [-0.2, 0) is 13.1 Å². The van der Waals surface area contributed by atoms with E-state index < -0.39 is 0 Å². The maximum Gasteiger partial charge on any atom is 0.264 e. The third-order valence-electron chi connectivity index (χ3n) is 4.96. The summed E-state index contributed by atoms with van der Waals surface area (Å²) >= 11 is 0. The SMILES string of the molecule is CCCCNc1nc(N)nc2ccn(Cc3ccc(Cn4ccnc4)cc3)c(=O)c12. The van der Waals surface area contributed by atoms with E-state index in [0.29, 0.717) is 23.3 Å². The number of imidazole rings is 1. The molecule has 1 aromatic carbocycles. The molecule has 0 fully saturated rings. The van der Waals surface area contributed by atoms with Gasteiger partial charge in [-0.15, -0.1) is 0 Å². The maximum atomic E-state index is 13.2. The average molecular weight is 403 g/mol. The third kappa shape index (κ3) is 4.32. The highest BCUT2D eigenvalue weighted by molar-refractivity contribution is 5.89. The minimum absolute atomic E-state index is 0.131. The van der Waals surface area contributed by atoms with E-state index in [2.05, 4.69) is 39.3 Å². The zero-order chi connectivity index (χ0) is 20.9. The summed E-state index contributed by atoms with van der Waals surface area (Å²) in [6.07, 6.45) is 9.28. The second-order valence-corrected chi connectivity index (χ2v) is 7.27. The van der Waals surface area contributed by atoms with Crippen LogP contribution in [0.15, 0.2) is 60.0 Å². The summed E-state index contributed by atoms with van der Waals surface area (Å²) in [7, 11) is 0. The fourth-order valence-electron chi connectivity index (χ4n) is 3.37. The fraction of sp³-hybridized carbons (Fsp3) is 0.273. The van der Waals surface area contributed by atoms with Gasteiger partial charge in [0.25, 0.3) is 5.56 Å². The Morgan fingerprint density at radius 3 is 2.50 bits per heavy atom. The van der Waals surface area contributed by atoms with Gasteiger partial charge in [-0.3, -0.25) is 4.79 Å². The van der Waals surface area contributed by atoms with Crippen molar-refractivity contribution in [2.45, 2.75) is 32.9 Å². The van der Waals surface area contributed by atoms with Gasteiger partial charge in [0.2, 0.25) is 5.95 Å². The number of benzene rings is 1. The monoisotopic (exact) mass is 403 g/mol. The number of pyridine rings is 1. The molecule has 3 N–H and O–H groups in total. The summed E-state index contributed by atoms with van der Waals surface area (Å²) in [5.74, 6) is 0.660. The maximum absolute atomic E-state index is 13.2. The van der Waals surface area contributed by atoms with Crippen molar-refractivity contribution in [3.63, 3.8) is 0 Å². The summed E-state index contributed by atoms with van der Waals surface area (Å²) in [5.41, 5.74) is 8.47. The van der Waals surface area contributed by atoms with Gasteiger partial charge in [0.05, 0.1) is 18.4 Å². The van der Waals surface area contributed by atoms with Crippen LogP contribution in [0.3, 0.4) is 0 Å². The molecule has 30 heavy (non-hydrogen) atoms. The largest absolute Gasteiger partial charge is 0.369 e. The molecule has 0 aliphatic carbocycles. The van der Waals surface area contributed by atoms with Crippen LogP contribution in [0.5, 0.6) is 0 Å². The highest BCUT2D eigenvalue weighted by Gasteiger charge is 2.12. The first-order valence-electron chi connectivity index (χ1n) is 10.1. The number of anilines is 2. The van der Waals surface area contributed by atoms with E-state index in [1.165, 1.54) is 5.56 Å². The highest BCUT2D eigenvalue weighted by atomic mass is 16.1. The topological polar surface area (TPSA) is 104 Å². The molecule has 0 unspecified atom stereocenters. The summed E-state index contributed by atoms with van der Waals surface area (Å²) in [6, 6.07) is 10.0. The normalized spacial score (nSPS) is 11.1. The smallest absolute Gasteiger partial charge is 0.264 e. The van der Waals surface area contributed by atoms with Gasteiger partial charge in [0.15, 0.2) is 0 Å². The first-order valence-corrected chi connectivity index (χ1v) is 10.1. The number of rotatable bonds is 8. The van der Waals surface area contributed by atoms with E-state index in [4.69, 9.17) is 5.73 Å². The van der Waals surface area contributed by atoms with Crippen LogP contribution in [0, 0.1) is 0 Å². The van der Waals surface area contributed by atoms with Gasteiger partial charge in [-0.1, -0.05) is 37.6 Å². The predicted molar refractivity (Wildman–Crippen MR) is 118 cm³/mol. The molecule has 0 bridgehead atoms. The lowest BCUT2D eigenvalue weighted by Gasteiger charge is -2.12. The van der Waals surface area contributed by atoms with Crippen molar-refractivity contribution in [2.75, 3.05) is 17.6 Å². The lowest BCUT2D eigenvalue weighted by atomic mass is 10.1. The summed E-state index contributed by atoms with van der Waals surface area (Å²) in [4.78, 5) is 25.7. The van der Waals surface area contributed by atoms with Gasteiger partial charge < -0.3 is 20.2 Å². The number of nitrogens with two attached hydrogens (primary N) is 1. The number of nitrogens with zero attached hydrogens (tertiary/aromatic N) is 5. The standard InChI is InChI=1S/C22H25N7O/c1-2-3-9-25-20-19-18(26-22(23)27-20)8-11-29(21(19)30)14-17-6-4-16(5-7-17)13-28-12-10-24-15-28/h4-8,10-12,15H,2-3,9,13-14H2,1H3,(H3,23,25,26,27). The molecule has 0 atom stereocenters. The lowest BCUT2D eigenvalue weighted by molar-refractivity contribution is 0.763. The highest BCUT2D eigenvalue weighted by Crippen LogP contribution is 2.18. The molecule has 0 saturated carbocycles. The van der Waals surface area contributed by atoms with Gasteiger partial charge in [-0.05, 0) is 23.6 Å². The van der Waals surface area contributed by atoms with Gasteiger partial charge in [-0.25, -0.2) is 9.97 Å². The molecule has 4 rings (SSSR count). The first kappa shape index (κ1) is 19.6. The van der Waals surface area contributed by atoms with Crippen LogP contribution in [0.1, 0.15) is 30.9 Å². The number of unbranched alkanes of at least 4 members (excludes halogenated alkanes) is 1. The minimum atomic E-state index is -0.131. The van der Waals surface area contributed by atoms with Crippen LogP contribution >= 0.6 is 0 Å². The molecule has 154 valence electrons. The molecular formula is C22H25N7O. The lowest BCUT2D eigenvalue weighted by Crippen LogP contribution is -2.22. The first-order chi connectivity index (χ1) is 14.6. The van der Waals surface area contributed by atoms with Crippen LogP contribution < -0.4 is 16.6 Å². The fourth-order valence-corrected chi connectivity index (χ4v) is 3.37. The average Bonchev–Trinajstić information content (AvgIpc) is 3.24. The molecule has 0 aliphatic heterocycles. The molecule has 4 aromatic rings. The van der Waals surface area contributed by atoms with Gasteiger partial charge in [-0.2, -0.15) is 4.98 Å². The Bertz CT molecular complexity index is 1180. The zero-order valence-electron chi connectivity index (χ0n) is 17.0. The summed E-state index contributed by atoms with van der Waals surface area (Å²) < 4.78 is 3.69. The van der Waals surface area contributed by atoms with E-state index in [1.807, 2.05) is 29.0 Å². The number of hydrogen-bond donors (Lipinski definition) is 2. The minimum Gasteiger partial charge on any atom is -0.369 e. The number of nitrogens with one attached hydrogen (secondary N) is 1. The molecule has 8 heteroatoms. The van der Waals surface area contributed by atoms with Crippen LogP contribution in [0.2, 0.25) is 0 Å². The number of nitrogen functional groups attached to an aromatic ring is 1. The Morgan fingerprint density at radius 1 is 1.03 bits per heavy atom. The van der Waals surface area contributed by atoms with Crippen molar-refractivity contribution in [3.8, 4) is 0 Å². The van der Waals surface area contributed by atoms with E-state index in [0.717, 1.165) is 31.5 Å². The molecule has 0 amide bonds. The number of fused-ring (bicyclic) bond motifs is 1. The van der Waals surface area contributed by atoms with E-state index in [9.17, 15) is 4.79 Å². The van der Waals surface area contributed by atoms with Crippen LogP contribution in [0.25, 0.3) is 10.9 Å². The van der Waals surface area contributed by atoms with Gasteiger partial charge >= 0.3 is 0 Å². The Labute approximate surface area is 174 Å². The molecule has 0 aliphatic rings. The Morgan fingerprint density at radius 2 is 1.80 bits per heavy atom. The Kier molecular flexibility index (Phi) is 5.74. The Hall–Kier alpha value is -3.68. The molecule has 0 radical (unpaired) electrons. The summed E-state index contributed by atoms with van der Waals surface area (Å²) in [5, 5.41) is 3.71. The molecule has 0 spiro atoms. The van der Waals surface area contributed by atoms with E-state index >= 15 is 0 Å². The van der Waals surface area contributed by atoms with Gasteiger partial charge in [0.1, 0.15) is 11.2 Å². The van der Waals surface area contributed by atoms with Crippen molar-refractivity contribution in [1.29, 1.82) is 0 Å². The van der Waals surface area contributed by atoms with Crippen molar-refractivity contribution < 1.29 is 0 Å². The zero-order valence-corrected chi connectivity index (χ0v) is 17.0. The number of hydrogen-bond acceptors (Lipinski definition) is 6.